The van der Waals surface area contributed by atoms with Crippen molar-refractivity contribution in [2.75, 3.05) is 13.7 Å². The van der Waals surface area contributed by atoms with E-state index in [1.807, 2.05) is 0 Å². The first-order chi connectivity index (χ1) is 10.9. The van der Waals surface area contributed by atoms with Gasteiger partial charge in [-0.3, -0.25) is 0 Å². The van der Waals surface area contributed by atoms with Gasteiger partial charge in [-0.2, -0.15) is 0 Å². The molecule has 0 saturated heterocycles. The SMILES string of the molecule is COC1CCC(CC(C)(C)NC[C@H](O)c2cccc(F)c2)CC1. The van der Waals surface area contributed by atoms with E-state index >= 15 is 0 Å². The van der Waals surface area contributed by atoms with Crippen LogP contribution in [-0.2, 0) is 4.74 Å². The Balaban J connectivity index is 1.79. The number of nitrogens with one attached hydrogen (secondary N) is 1. The van der Waals surface area contributed by atoms with E-state index in [2.05, 4.69) is 19.2 Å². The summed E-state index contributed by atoms with van der Waals surface area (Å²) in [5.74, 6) is 0.394. The second-order valence-electron chi connectivity index (χ2n) is 7.42. The number of aliphatic hydroxyl groups excluding tert-OH is 1. The van der Waals surface area contributed by atoms with Crippen LogP contribution in [0.15, 0.2) is 24.3 Å². The molecule has 0 amide bonds. The fraction of sp³-hybridized carbons (Fsp3) is 0.684. The van der Waals surface area contributed by atoms with Crippen molar-refractivity contribution in [2.24, 2.45) is 5.92 Å². The summed E-state index contributed by atoms with van der Waals surface area (Å²) in [7, 11) is 1.80. The van der Waals surface area contributed by atoms with Crippen molar-refractivity contribution in [3.8, 4) is 0 Å². The average Bonchev–Trinajstić information content (AvgIpc) is 2.53. The lowest BCUT2D eigenvalue weighted by Crippen LogP contribution is -2.43. The Labute approximate surface area is 139 Å². The van der Waals surface area contributed by atoms with Crippen molar-refractivity contribution in [3.63, 3.8) is 0 Å². The lowest BCUT2D eigenvalue weighted by Gasteiger charge is -2.35. The summed E-state index contributed by atoms with van der Waals surface area (Å²) in [6, 6.07) is 6.18. The number of hydrogen-bond donors (Lipinski definition) is 2. The lowest BCUT2D eigenvalue weighted by atomic mass is 9.79. The van der Waals surface area contributed by atoms with E-state index in [1.165, 1.54) is 25.0 Å². The molecule has 0 aliphatic heterocycles. The standard InChI is InChI=1S/C19H30FNO2/c1-19(2,12-14-7-9-17(23-3)10-8-14)21-13-18(22)15-5-4-6-16(20)11-15/h4-6,11,14,17-18,21-22H,7-10,12-13H2,1-3H3/t14?,17?,18-/m0/s1. The van der Waals surface area contributed by atoms with Gasteiger partial charge in [0.2, 0.25) is 0 Å². The van der Waals surface area contributed by atoms with Gasteiger partial charge in [-0.15, -0.1) is 0 Å². The largest absolute Gasteiger partial charge is 0.387 e. The second kappa shape index (κ2) is 8.22. The highest BCUT2D eigenvalue weighted by molar-refractivity contribution is 5.19. The maximum Gasteiger partial charge on any atom is 0.123 e. The molecule has 1 saturated carbocycles. The number of rotatable bonds is 7. The maximum atomic E-state index is 13.2. The fourth-order valence-corrected chi connectivity index (χ4v) is 3.57. The third kappa shape index (κ3) is 5.87. The molecule has 1 aromatic carbocycles. The lowest BCUT2D eigenvalue weighted by molar-refractivity contribution is 0.0505. The molecule has 0 radical (unpaired) electrons. The van der Waals surface area contributed by atoms with Crippen molar-refractivity contribution in [3.05, 3.63) is 35.6 Å². The van der Waals surface area contributed by atoms with Crippen LogP contribution < -0.4 is 5.32 Å². The van der Waals surface area contributed by atoms with Crippen LogP contribution in [0.25, 0.3) is 0 Å². The number of benzene rings is 1. The number of β-amino-alcohol motifs (C(OH)–C–C–N with tert-alkyl or cyclic N) is 1. The minimum atomic E-state index is -0.686. The van der Waals surface area contributed by atoms with Gasteiger partial charge in [-0.25, -0.2) is 4.39 Å². The van der Waals surface area contributed by atoms with Crippen molar-refractivity contribution in [2.45, 2.75) is 63.7 Å². The van der Waals surface area contributed by atoms with E-state index in [-0.39, 0.29) is 11.4 Å². The Bertz CT molecular complexity index is 484. The van der Waals surface area contributed by atoms with Crippen LogP contribution in [0.1, 0.15) is 57.6 Å². The number of aliphatic hydroxyl groups is 1. The summed E-state index contributed by atoms with van der Waals surface area (Å²) in [4.78, 5) is 0. The summed E-state index contributed by atoms with van der Waals surface area (Å²) >= 11 is 0. The summed E-state index contributed by atoms with van der Waals surface area (Å²) in [5, 5.41) is 13.7. The minimum Gasteiger partial charge on any atom is -0.387 e. The van der Waals surface area contributed by atoms with Gasteiger partial charge in [0.05, 0.1) is 12.2 Å². The van der Waals surface area contributed by atoms with Crippen molar-refractivity contribution in [1.82, 2.24) is 5.32 Å². The van der Waals surface area contributed by atoms with Gasteiger partial charge in [0.25, 0.3) is 0 Å². The molecule has 23 heavy (non-hydrogen) atoms. The zero-order chi connectivity index (χ0) is 16.9. The molecule has 1 aromatic rings. The van der Waals surface area contributed by atoms with Crippen molar-refractivity contribution < 1.29 is 14.2 Å². The van der Waals surface area contributed by atoms with Gasteiger partial charge in [0.1, 0.15) is 5.82 Å². The molecule has 0 spiro atoms. The molecule has 1 aliphatic carbocycles. The highest BCUT2D eigenvalue weighted by atomic mass is 19.1. The Morgan fingerprint density at radius 2 is 2.00 bits per heavy atom. The molecular formula is C19H30FNO2. The highest BCUT2D eigenvalue weighted by Gasteiger charge is 2.27. The zero-order valence-electron chi connectivity index (χ0n) is 14.5. The van der Waals surface area contributed by atoms with Gasteiger partial charge >= 0.3 is 0 Å². The van der Waals surface area contributed by atoms with E-state index in [1.54, 1.807) is 19.2 Å². The number of methoxy groups -OCH3 is 1. The van der Waals surface area contributed by atoms with Gasteiger partial charge in [0, 0.05) is 19.2 Å². The minimum absolute atomic E-state index is 0.0428. The molecule has 1 atom stereocenters. The zero-order valence-corrected chi connectivity index (χ0v) is 14.5. The van der Waals surface area contributed by atoms with Crippen LogP contribution >= 0.6 is 0 Å². The van der Waals surface area contributed by atoms with Gasteiger partial charge < -0.3 is 15.2 Å². The normalized spacial score (nSPS) is 23.7. The smallest absolute Gasteiger partial charge is 0.123 e. The molecule has 1 aliphatic rings. The third-order valence-electron chi connectivity index (χ3n) is 4.93. The third-order valence-corrected chi connectivity index (χ3v) is 4.93. The number of ether oxygens (including phenoxy) is 1. The monoisotopic (exact) mass is 323 g/mol. The first-order valence-electron chi connectivity index (χ1n) is 8.61. The van der Waals surface area contributed by atoms with Crippen molar-refractivity contribution >= 4 is 0 Å². The van der Waals surface area contributed by atoms with E-state index in [9.17, 15) is 9.50 Å². The Morgan fingerprint density at radius 3 is 2.61 bits per heavy atom. The molecule has 2 N–H and O–H groups in total. The molecule has 0 unspecified atom stereocenters. The fourth-order valence-electron chi connectivity index (χ4n) is 3.57. The Morgan fingerprint density at radius 1 is 1.30 bits per heavy atom. The summed E-state index contributed by atoms with van der Waals surface area (Å²) < 4.78 is 18.7. The molecule has 4 heteroatoms. The van der Waals surface area contributed by atoms with E-state index in [0.29, 0.717) is 24.1 Å². The molecular weight excluding hydrogens is 293 g/mol. The molecule has 0 aromatic heterocycles. The molecule has 2 rings (SSSR count). The van der Waals surface area contributed by atoms with Crippen LogP contribution in [-0.4, -0.2) is 30.4 Å². The quantitative estimate of drug-likeness (QED) is 0.801. The molecule has 0 bridgehead atoms. The molecule has 3 nitrogen and oxygen atoms in total. The predicted octanol–water partition coefficient (Wildman–Crippen LogP) is 3.82. The van der Waals surface area contributed by atoms with E-state index in [4.69, 9.17) is 4.74 Å². The van der Waals surface area contributed by atoms with Crippen LogP contribution in [0, 0.1) is 11.7 Å². The summed E-state index contributed by atoms with van der Waals surface area (Å²) in [6.07, 6.45) is 5.52. The maximum absolute atomic E-state index is 13.2. The number of hydrogen-bond acceptors (Lipinski definition) is 3. The van der Waals surface area contributed by atoms with Crippen molar-refractivity contribution in [1.29, 1.82) is 0 Å². The highest BCUT2D eigenvalue weighted by Crippen LogP contribution is 2.32. The first-order valence-corrected chi connectivity index (χ1v) is 8.61. The van der Waals surface area contributed by atoms with E-state index < -0.39 is 6.10 Å². The topological polar surface area (TPSA) is 41.5 Å². The van der Waals surface area contributed by atoms with Crippen LogP contribution in [0.4, 0.5) is 4.39 Å². The van der Waals surface area contributed by atoms with Gasteiger partial charge in [0.15, 0.2) is 0 Å². The van der Waals surface area contributed by atoms with Gasteiger partial charge in [-0.05, 0) is 69.6 Å². The molecule has 1 fully saturated rings. The number of halogens is 1. The van der Waals surface area contributed by atoms with Gasteiger partial charge in [-0.1, -0.05) is 12.1 Å². The Hall–Kier alpha value is -0.970. The second-order valence-corrected chi connectivity index (χ2v) is 7.42. The van der Waals surface area contributed by atoms with E-state index in [0.717, 1.165) is 19.3 Å². The molecule has 0 heterocycles. The Kier molecular flexibility index (Phi) is 6.57. The average molecular weight is 323 g/mol. The van der Waals surface area contributed by atoms with Crippen LogP contribution in [0.3, 0.4) is 0 Å². The predicted molar refractivity (Wildman–Crippen MR) is 90.8 cm³/mol. The summed E-state index contributed by atoms with van der Waals surface area (Å²) in [5.41, 5.74) is 0.577. The van der Waals surface area contributed by atoms with Crippen LogP contribution in [0.2, 0.25) is 0 Å². The van der Waals surface area contributed by atoms with Crippen LogP contribution in [0.5, 0.6) is 0 Å². The first kappa shape index (κ1) is 18.4. The molecule has 130 valence electrons. The summed E-state index contributed by atoms with van der Waals surface area (Å²) in [6.45, 7) is 4.78.